The first kappa shape index (κ1) is 15.2. The second kappa shape index (κ2) is 5.82. The summed E-state index contributed by atoms with van der Waals surface area (Å²) in [6.45, 7) is 1.29. The molecular weight excluding hydrogens is 301 g/mol. The molecule has 0 radical (unpaired) electrons. The van der Waals surface area contributed by atoms with Crippen LogP contribution in [0.25, 0.3) is 0 Å². The molecule has 0 N–H and O–H groups in total. The van der Waals surface area contributed by atoms with Crippen molar-refractivity contribution in [2.24, 2.45) is 0 Å². The van der Waals surface area contributed by atoms with E-state index in [1.807, 2.05) is 0 Å². The summed E-state index contributed by atoms with van der Waals surface area (Å²) in [4.78, 5) is 0.680. The van der Waals surface area contributed by atoms with Crippen LogP contribution in [0.2, 0.25) is 0 Å². The predicted octanol–water partition coefficient (Wildman–Crippen LogP) is 4.48. The summed E-state index contributed by atoms with van der Waals surface area (Å²) < 4.78 is 49.4. The second-order valence-electron chi connectivity index (χ2n) is 5.45. The molecule has 1 saturated carbocycles. The van der Waals surface area contributed by atoms with Gasteiger partial charge in [-0.05, 0) is 31.0 Å². The quantitative estimate of drug-likeness (QED) is 0.801. The number of alkyl halides is 3. The lowest BCUT2D eigenvalue weighted by molar-refractivity contribution is -0.175. The van der Waals surface area contributed by atoms with Crippen LogP contribution in [-0.2, 0) is 15.7 Å². The van der Waals surface area contributed by atoms with Crippen LogP contribution in [-0.4, -0.2) is 24.3 Å². The van der Waals surface area contributed by atoms with Crippen LogP contribution in [0, 0.1) is 0 Å². The van der Waals surface area contributed by atoms with E-state index in [0.717, 1.165) is 31.7 Å². The Bertz CT molecular complexity index is 488. The van der Waals surface area contributed by atoms with Gasteiger partial charge in [0.1, 0.15) is 0 Å². The number of ether oxygens (including phenoxy) is 2. The molecule has 2 aliphatic rings. The summed E-state index contributed by atoms with van der Waals surface area (Å²) >= 11 is 1.53. The maximum absolute atomic E-state index is 12.7. The van der Waals surface area contributed by atoms with Crippen LogP contribution >= 0.6 is 11.8 Å². The van der Waals surface area contributed by atoms with E-state index >= 15 is 0 Å². The summed E-state index contributed by atoms with van der Waals surface area (Å²) in [5.74, 6) is -0.412. The zero-order valence-electron chi connectivity index (χ0n) is 11.5. The molecule has 1 aromatic carbocycles. The summed E-state index contributed by atoms with van der Waals surface area (Å²) in [5, 5.41) is 0.326. The molecule has 1 aliphatic carbocycles. The predicted molar refractivity (Wildman–Crippen MR) is 74.2 cm³/mol. The van der Waals surface area contributed by atoms with Gasteiger partial charge >= 0.3 is 6.18 Å². The molecule has 0 aromatic heterocycles. The molecule has 1 aliphatic heterocycles. The Kier molecular flexibility index (Phi) is 4.21. The van der Waals surface area contributed by atoms with Crippen molar-refractivity contribution in [3.8, 4) is 0 Å². The lowest BCUT2D eigenvalue weighted by Gasteiger charge is -2.35. The second-order valence-corrected chi connectivity index (χ2v) is 6.82. The van der Waals surface area contributed by atoms with E-state index in [2.05, 4.69) is 0 Å². The van der Waals surface area contributed by atoms with E-state index in [-0.39, 0.29) is 0 Å². The SMILES string of the molecule is FC(F)(F)c1cccc(SC2CCC3(CC2)OCCO3)c1. The summed E-state index contributed by atoms with van der Waals surface area (Å²) in [6.07, 6.45) is -0.826. The third kappa shape index (κ3) is 3.55. The van der Waals surface area contributed by atoms with Gasteiger partial charge in [0, 0.05) is 23.0 Å². The summed E-state index contributed by atoms with van der Waals surface area (Å²) in [7, 11) is 0. The molecule has 0 amide bonds. The van der Waals surface area contributed by atoms with Gasteiger partial charge in [-0.25, -0.2) is 0 Å². The van der Waals surface area contributed by atoms with Crippen molar-refractivity contribution < 1.29 is 22.6 Å². The smallest absolute Gasteiger partial charge is 0.348 e. The van der Waals surface area contributed by atoms with Gasteiger partial charge < -0.3 is 9.47 Å². The molecule has 3 rings (SSSR count). The molecule has 21 heavy (non-hydrogen) atoms. The van der Waals surface area contributed by atoms with Gasteiger partial charge in [0.2, 0.25) is 0 Å². The Hall–Kier alpha value is -0.720. The average molecular weight is 318 g/mol. The number of thioether (sulfide) groups is 1. The minimum Gasteiger partial charge on any atom is -0.348 e. The van der Waals surface area contributed by atoms with Crippen LogP contribution in [0.3, 0.4) is 0 Å². The standard InChI is InChI=1S/C15H17F3O2S/c16-15(17,18)11-2-1-3-13(10-11)21-12-4-6-14(7-5-12)19-8-9-20-14/h1-3,10,12H,4-9H2. The van der Waals surface area contributed by atoms with E-state index in [0.29, 0.717) is 23.4 Å². The highest BCUT2D eigenvalue weighted by atomic mass is 32.2. The number of hydrogen-bond acceptors (Lipinski definition) is 3. The van der Waals surface area contributed by atoms with Crippen LogP contribution in [0.15, 0.2) is 29.2 Å². The fourth-order valence-corrected chi connectivity index (χ4v) is 4.08. The van der Waals surface area contributed by atoms with Crippen molar-refractivity contribution in [2.45, 2.75) is 47.8 Å². The molecule has 6 heteroatoms. The monoisotopic (exact) mass is 318 g/mol. The van der Waals surface area contributed by atoms with Crippen molar-refractivity contribution in [3.63, 3.8) is 0 Å². The highest BCUT2D eigenvalue weighted by Crippen LogP contribution is 2.42. The van der Waals surface area contributed by atoms with Gasteiger partial charge in [-0.1, -0.05) is 6.07 Å². The maximum Gasteiger partial charge on any atom is 0.416 e. The van der Waals surface area contributed by atoms with Gasteiger partial charge in [-0.2, -0.15) is 13.2 Å². The first-order valence-electron chi connectivity index (χ1n) is 7.09. The number of hydrogen-bond donors (Lipinski definition) is 0. The lowest BCUT2D eigenvalue weighted by Crippen LogP contribution is -2.35. The molecule has 0 unspecified atom stereocenters. The minimum atomic E-state index is -4.28. The fraction of sp³-hybridized carbons (Fsp3) is 0.600. The van der Waals surface area contributed by atoms with Crippen molar-refractivity contribution in [1.82, 2.24) is 0 Å². The van der Waals surface area contributed by atoms with Crippen molar-refractivity contribution >= 4 is 11.8 Å². The average Bonchev–Trinajstić information content (AvgIpc) is 2.90. The van der Waals surface area contributed by atoms with Gasteiger partial charge in [0.15, 0.2) is 5.79 Å². The first-order chi connectivity index (χ1) is 9.97. The maximum atomic E-state index is 12.7. The van der Waals surface area contributed by atoms with E-state index in [1.165, 1.54) is 23.9 Å². The minimum absolute atomic E-state index is 0.326. The normalized spacial score (nSPS) is 22.8. The molecule has 1 aromatic rings. The highest BCUT2D eigenvalue weighted by molar-refractivity contribution is 8.00. The molecular formula is C15H17F3O2S. The fourth-order valence-electron chi connectivity index (χ4n) is 2.87. The zero-order valence-corrected chi connectivity index (χ0v) is 12.3. The molecule has 2 nitrogen and oxygen atoms in total. The molecule has 116 valence electrons. The van der Waals surface area contributed by atoms with Crippen LogP contribution in [0.4, 0.5) is 13.2 Å². The zero-order chi connectivity index (χ0) is 14.9. The van der Waals surface area contributed by atoms with Gasteiger partial charge in [-0.3, -0.25) is 0 Å². The Morgan fingerprint density at radius 3 is 2.38 bits per heavy atom. The molecule has 0 atom stereocenters. The summed E-state index contributed by atoms with van der Waals surface area (Å²) in [6, 6.07) is 5.56. The number of benzene rings is 1. The molecule has 1 saturated heterocycles. The Labute approximate surface area is 126 Å². The number of halogens is 3. The van der Waals surface area contributed by atoms with E-state index in [1.54, 1.807) is 6.07 Å². The van der Waals surface area contributed by atoms with Crippen molar-refractivity contribution in [3.05, 3.63) is 29.8 Å². The largest absolute Gasteiger partial charge is 0.416 e. The van der Waals surface area contributed by atoms with Crippen LogP contribution < -0.4 is 0 Å². The third-order valence-corrected chi connectivity index (χ3v) is 5.30. The highest BCUT2D eigenvalue weighted by Gasteiger charge is 2.40. The van der Waals surface area contributed by atoms with E-state index < -0.39 is 17.5 Å². The Morgan fingerprint density at radius 2 is 1.76 bits per heavy atom. The third-order valence-electron chi connectivity index (χ3n) is 3.97. The van der Waals surface area contributed by atoms with E-state index in [4.69, 9.17) is 9.47 Å². The van der Waals surface area contributed by atoms with Crippen molar-refractivity contribution in [2.75, 3.05) is 13.2 Å². The lowest BCUT2D eigenvalue weighted by atomic mass is 9.94. The molecule has 1 heterocycles. The van der Waals surface area contributed by atoms with Crippen LogP contribution in [0.5, 0.6) is 0 Å². The molecule has 1 spiro atoms. The molecule has 0 bridgehead atoms. The number of rotatable bonds is 2. The Morgan fingerprint density at radius 1 is 1.10 bits per heavy atom. The molecule has 2 fully saturated rings. The van der Waals surface area contributed by atoms with Gasteiger partial charge in [-0.15, -0.1) is 11.8 Å². The van der Waals surface area contributed by atoms with Crippen LogP contribution in [0.1, 0.15) is 31.2 Å². The first-order valence-corrected chi connectivity index (χ1v) is 7.97. The van der Waals surface area contributed by atoms with E-state index in [9.17, 15) is 13.2 Å². The topological polar surface area (TPSA) is 18.5 Å². The van der Waals surface area contributed by atoms with Gasteiger partial charge in [0.05, 0.1) is 18.8 Å². The summed E-state index contributed by atoms with van der Waals surface area (Å²) in [5.41, 5.74) is -0.581. The Balaban J connectivity index is 1.60. The van der Waals surface area contributed by atoms with Crippen molar-refractivity contribution in [1.29, 1.82) is 0 Å². The van der Waals surface area contributed by atoms with Gasteiger partial charge in [0.25, 0.3) is 0 Å².